The van der Waals surface area contributed by atoms with Gasteiger partial charge >= 0.3 is 0 Å². The van der Waals surface area contributed by atoms with Gasteiger partial charge in [0.2, 0.25) is 0 Å². The minimum atomic E-state index is 0.159. The van der Waals surface area contributed by atoms with Crippen molar-refractivity contribution in [2.75, 3.05) is 12.0 Å². The Morgan fingerprint density at radius 2 is 2.16 bits per heavy atom. The normalized spacial score (nSPS) is 12.9. The Kier molecular flexibility index (Phi) is 4.62. The van der Waals surface area contributed by atoms with E-state index < -0.39 is 0 Å². The zero-order valence-corrected chi connectivity index (χ0v) is 12.9. The van der Waals surface area contributed by atoms with Crippen LogP contribution < -0.4 is 11.3 Å². The molecule has 2 aromatic heterocycles. The summed E-state index contributed by atoms with van der Waals surface area (Å²) in [7, 11) is 0. The summed E-state index contributed by atoms with van der Waals surface area (Å²) in [5.74, 6) is 7.65. The van der Waals surface area contributed by atoms with E-state index in [2.05, 4.69) is 29.2 Å². The first-order valence-corrected chi connectivity index (χ1v) is 7.89. The highest BCUT2D eigenvalue weighted by Crippen LogP contribution is 2.33. The lowest BCUT2D eigenvalue weighted by Crippen LogP contribution is -2.11. The molecule has 2 heterocycles. The molecule has 0 aliphatic carbocycles. The zero-order valence-electron chi connectivity index (χ0n) is 11.2. The number of hydrogen-bond acceptors (Lipinski definition) is 7. The third-order valence-corrected chi connectivity index (χ3v) is 5.21. The monoisotopic (exact) mass is 298 g/mol. The third kappa shape index (κ3) is 3.00. The maximum absolute atomic E-state index is 9.03. The maximum atomic E-state index is 9.03. The van der Waals surface area contributed by atoms with Crippen molar-refractivity contribution in [1.82, 2.24) is 9.97 Å². The Bertz CT molecular complexity index is 585. The van der Waals surface area contributed by atoms with Gasteiger partial charge in [-0.1, -0.05) is 6.92 Å². The van der Waals surface area contributed by atoms with Crippen molar-refractivity contribution in [3.63, 3.8) is 0 Å². The highest BCUT2D eigenvalue weighted by molar-refractivity contribution is 7.99. The number of nitrogens with two attached hydrogens (primary N) is 1. The number of thiophene rings is 1. The summed E-state index contributed by atoms with van der Waals surface area (Å²) in [6, 6.07) is 0. The van der Waals surface area contributed by atoms with Crippen molar-refractivity contribution in [2.24, 2.45) is 5.84 Å². The van der Waals surface area contributed by atoms with Gasteiger partial charge in [-0.25, -0.2) is 15.8 Å². The van der Waals surface area contributed by atoms with E-state index in [4.69, 9.17) is 10.9 Å². The number of thioether (sulfide) groups is 1. The lowest BCUT2D eigenvalue weighted by Gasteiger charge is -2.08. The molecule has 2 aromatic rings. The van der Waals surface area contributed by atoms with Gasteiger partial charge in [0.25, 0.3) is 0 Å². The molecule has 0 amide bonds. The van der Waals surface area contributed by atoms with E-state index in [0.29, 0.717) is 11.6 Å². The molecule has 4 N–H and O–H groups in total. The smallest absolute Gasteiger partial charge is 0.152 e. The SMILES string of the molecule is Cc1sc2nc(CSC(C)CO)nc(NN)c2c1C. The van der Waals surface area contributed by atoms with Gasteiger partial charge in [-0.2, -0.15) is 0 Å². The van der Waals surface area contributed by atoms with Gasteiger partial charge in [-0.05, 0) is 19.4 Å². The minimum Gasteiger partial charge on any atom is -0.395 e. The molecular weight excluding hydrogens is 280 g/mol. The predicted octanol–water partition coefficient (Wildman–Crippen LogP) is 2.21. The van der Waals surface area contributed by atoms with Crippen molar-refractivity contribution >= 4 is 39.1 Å². The number of nitrogens with one attached hydrogen (secondary N) is 1. The van der Waals surface area contributed by atoms with Gasteiger partial charge in [0.15, 0.2) is 5.82 Å². The molecule has 0 aromatic carbocycles. The molecule has 7 heteroatoms. The lowest BCUT2D eigenvalue weighted by atomic mass is 10.2. The number of aliphatic hydroxyl groups is 1. The third-order valence-electron chi connectivity index (χ3n) is 2.97. The summed E-state index contributed by atoms with van der Waals surface area (Å²) in [6.07, 6.45) is 0. The first kappa shape index (κ1) is 14.5. The summed E-state index contributed by atoms with van der Waals surface area (Å²) in [6.45, 7) is 6.27. The number of aromatic nitrogens is 2. The molecule has 0 spiro atoms. The van der Waals surface area contributed by atoms with Crippen molar-refractivity contribution < 1.29 is 5.11 Å². The highest BCUT2D eigenvalue weighted by Gasteiger charge is 2.14. The Balaban J connectivity index is 2.37. The number of aliphatic hydroxyl groups excluding tert-OH is 1. The molecule has 0 aliphatic rings. The molecule has 5 nitrogen and oxygen atoms in total. The lowest BCUT2D eigenvalue weighted by molar-refractivity contribution is 0.300. The molecule has 0 bridgehead atoms. The van der Waals surface area contributed by atoms with Gasteiger partial charge in [-0.15, -0.1) is 23.1 Å². The van der Waals surface area contributed by atoms with E-state index in [0.717, 1.165) is 16.0 Å². The number of nitrogens with zero attached hydrogens (tertiary/aromatic N) is 2. The van der Waals surface area contributed by atoms with Crippen molar-refractivity contribution in [1.29, 1.82) is 0 Å². The Morgan fingerprint density at radius 3 is 2.79 bits per heavy atom. The van der Waals surface area contributed by atoms with Crippen LogP contribution in [0.15, 0.2) is 0 Å². The Morgan fingerprint density at radius 1 is 1.42 bits per heavy atom. The second-order valence-electron chi connectivity index (χ2n) is 4.40. The molecule has 0 fully saturated rings. The number of fused-ring (bicyclic) bond motifs is 1. The van der Waals surface area contributed by atoms with Crippen molar-refractivity contribution in [3.05, 3.63) is 16.3 Å². The molecule has 0 radical (unpaired) electrons. The number of aryl methyl sites for hydroxylation is 2. The fraction of sp³-hybridized carbons (Fsp3) is 0.500. The molecule has 0 saturated carbocycles. The number of nitrogen functional groups attached to an aromatic ring is 1. The van der Waals surface area contributed by atoms with Crippen LogP contribution in [-0.2, 0) is 5.75 Å². The summed E-state index contributed by atoms with van der Waals surface area (Å²) in [5.41, 5.74) is 3.84. The van der Waals surface area contributed by atoms with Crippen LogP contribution in [0.1, 0.15) is 23.2 Å². The quantitative estimate of drug-likeness (QED) is 0.580. The van der Waals surface area contributed by atoms with Crippen LogP contribution in [-0.4, -0.2) is 26.9 Å². The standard InChI is InChI=1S/C12H18N4OS2/c1-6(4-17)18-5-9-14-11(16-13)10-7(2)8(3)19-12(10)15-9/h6,17H,4-5,13H2,1-3H3,(H,14,15,16). The van der Waals surface area contributed by atoms with Gasteiger partial charge in [-0.3, -0.25) is 0 Å². The topological polar surface area (TPSA) is 84.1 Å². The number of rotatable bonds is 5. The fourth-order valence-corrected chi connectivity index (χ4v) is 3.45. The van der Waals surface area contributed by atoms with Crippen LogP contribution in [0.25, 0.3) is 10.2 Å². The average Bonchev–Trinajstić information content (AvgIpc) is 2.70. The van der Waals surface area contributed by atoms with E-state index in [1.54, 1.807) is 23.1 Å². The van der Waals surface area contributed by atoms with Crippen LogP contribution >= 0.6 is 23.1 Å². The number of hydrazine groups is 1. The fourth-order valence-electron chi connectivity index (χ4n) is 1.73. The van der Waals surface area contributed by atoms with Gasteiger partial charge in [0.1, 0.15) is 10.7 Å². The van der Waals surface area contributed by atoms with Crippen LogP contribution in [0.3, 0.4) is 0 Å². The molecular formula is C12H18N4OS2. The van der Waals surface area contributed by atoms with Crippen molar-refractivity contribution in [2.45, 2.75) is 31.8 Å². The molecule has 0 aliphatic heterocycles. The van der Waals surface area contributed by atoms with E-state index >= 15 is 0 Å². The molecule has 19 heavy (non-hydrogen) atoms. The molecule has 104 valence electrons. The van der Waals surface area contributed by atoms with Gasteiger partial charge < -0.3 is 10.5 Å². The van der Waals surface area contributed by atoms with Crippen LogP contribution in [0.4, 0.5) is 5.82 Å². The van der Waals surface area contributed by atoms with E-state index in [9.17, 15) is 0 Å². The molecule has 1 unspecified atom stereocenters. The van der Waals surface area contributed by atoms with Gasteiger partial charge in [0.05, 0.1) is 17.7 Å². The molecule has 2 rings (SSSR count). The summed E-state index contributed by atoms with van der Waals surface area (Å²) in [5, 5.41) is 10.2. The summed E-state index contributed by atoms with van der Waals surface area (Å²) in [4.78, 5) is 11.2. The Labute approximate surface area is 120 Å². The van der Waals surface area contributed by atoms with Gasteiger partial charge in [0, 0.05) is 10.1 Å². The summed E-state index contributed by atoms with van der Waals surface area (Å²) < 4.78 is 0. The predicted molar refractivity (Wildman–Crippen MR) is 82.5 cm³/mol. The van der Waals surface area contributed by atoms with Crippen LogP contribution in [0, 0.1) is 13.8 Å². The second kappa shape index (κ2) is 6.04. The van der Waals surface area contributed by atoms with E-state index in [1.165, 1.54) is 10.4 Å². The molecule has 0 saturated heterocycles. The van der Waals surface area contributed by atoms with Crippen molar-refractivity contribution in [3.8, 4) is 0 Å². The van der Waals surface area contributed by atoms with Crippen LogP contribution in [0.5, 0.6) is 0 Å². The van der Waals surface area contributed by atoms with E-state index in [1.807, 2.05) is 6.92 Å². The minimum absolute atomic E-state index is 0.159. The first-order chi connectivity index (χ1) is 9.06. The zero-order chi connectivity index (χ0) is 14.0. The maximum Gasteiger partial charge on any atom is 0.152 e. The number of hydrogen-bond donors (Lipinski definition) is 3. The first-order valence-electron chi connectivity index (χ1n) is 6.02. The number of anilines is 1. The van der Waals surface area contributed by atoms with E-state index in [-0.39, 0.29) is 11.9 Å². The largest absolute Gasteiger partial charge is 0.395 e. The average molecular weight is 298 g/mol. The summed E-state index contributed by atoms with van der Waals surface area (Å²) >= 11 is 3.29. The second-order valence-corrected chi connectivity index (χ2v) is 7.03. The highest BCUT2D eigenvalue weighted by atomic mass is 32.2. The Hall–Kier alpha value is -0.890. The molecule has 1 atom stereocenters. The van der Waals surface area contributed by atoms with Crippen LogP contribution in [0.2, 0.25) is 0 Å².